The number of halogens is 4. The van der Waals surface area contributed by atoms with Gasteiger partial charge in [0.1, 0.15) is 0 Å². The van der Waals surface area contributed by atoms with Gasteiger partial charge < -0.3 is 11.2 Å². The average Bonchev–Trinajstić information content (AvgIpc) is 3.13. The summed E-state index contributed by atoms with van der Waals surface area (Å²) in [5.74, 6) is 5.22. The lowest BCUT2D eigenvalue weighted by atomic mass is 10.2. The van der Waals surface area contributed by atoms with Crippen molar-refractivity contribution in [2.24, 2.45) is 5.10 Å². The molecule has 3 aromatic rings. The van der Waals surface area contributed by atoms with E-state index in [4.69, 9.17) is 17.4 Å². The second-order valence-electron chi connectivity index (χ2n) is 6.37. The number of allylic oxidation sites excluding steroid dienone is 1. The molecule has 0 aliphatic carbocycles. The number of nitrogens with two attached hydrogens (primary N) is 1. The number of nitrogens with one attached hydrogen (secondary N) is 2. The lowest BCUT2D eigenvalue weighted by Gasteiger charge is -2.11. The summed E-state index contributed by atoms with van der Waals surface area (Å²) in [5.41, 5.74) is 2.56. The highest BCUT2D eigenvalue weighted by atomic mass is 35.5. The molecule has 0 unspecified atom stereocenters. The fourth-order valence-corrected chi connectivity index (χ4v) is 3.24. The number of nitrogen functional groups attached to an aromatic ring is 1. The van der Waals surface area contributed by atoms with Gasteiger partial charge in [0.05, 0.1) is 22.0 Å². The summed E-state index contributed by atoms with van der Waals surface area (Å²) in [6.45, 7) is 0. The fraction of sp³-hybridized carbons (Fsp3) is 0.100. The molecule has 0 aliphatic heterocycles. The molecule has 0 aliphatic rings. The summed E-state index contributed by atoms with van der Waals surface area (Å²) in [6, 6.07) is 12.3. The number of alkyl halides is 3. The largest absolute Gasteiger partial charge is 0.416 e. The van der Waals surface area contributed by atoms with Crippen LogP contribution >= 0.6 is 23.4 Å². The normalized spacial score (nSPS) is 11.9. The van der Waals surface area contributed by atoms with Gasteiger partial charge in [0.15, 0.2) is 0 Å². The van der Waals surface area contributed by atoms with E-state index < -0.39 is 17.6 Å². The first-order chi connectivity index (χ1) is 15.7. The Morgan fingerprint density at radius 1 is 1.21 bits per heavy atom. The molecule has 0 saturated heterocycles. The number of hydrazone groups is 1. The van der Waals surface area contributed by atoms with Gasteiger partial charge in [-0.2, -0.15) is 18.3 Å². The van der Waals surface area contributed by atoms with Gasteiger partial charge in [0.25, 0.3) is 5.95 Å². The Morgan fingerprint density at radius 3 is 2.70 bits per heavy atom. The van der Waals surface area contributed by atoms with Crippen LogP contribution in [0, 0.1) is 0 Å². The van der Waals surface area contributed by atoms with Crippen molar-refractivity contribution >= 4 is 53.2 Å². The molecular formula is C20H17ClF3N7OS. The lowest BCUT2D eigenvalue weighted by molar-refractivity contribution is -0.137. The number of carbonyl (C=O) groups is 1. The molecule has 1 aromatic heterocycles. The third-order valence-electron chi connectivity index (χ3n) is 3.98. The zero-order valence-electron chi connectivity index (χ0n) is 16.8. The third kappa shape index (κ3) is 6.99. The molecule has 0 fully saturated rings. The quantitative estimate of drug-likeness (QED) is 0.184. The Morgan fingerprint density at radius 2 is 1.97 bits per heavy atom. The van der Waals surface area contributed by atoms with E-state index in [0.29, 0.717) is 0 Å². The van der Waals surface area contributed by atoms with Crippen molar-refractivity contribution in [1.82, 2.24) is 14.9 Å². The van der Waals surface area contributed by atoms with Crippen LogP contribution < -0.4 is 16.6 Å². The van der Waals surface area contributed by atoms with Gasteiger partial charge in [-0.1, -0.05) is 59.8 Å². The molecule has 4 N–H and O–H groups in total. The molecule has 2 aromatic carbocycles. The zero-order valence-corrected chi connectivity index (χ0v) is 18.3. The summed E-state index contributed by atoms with van der Waals surface area (Å²) >= 11 is 6.81. The van der Waals surface area contributed by atoms with Crippen molar-refractivity contribution in [3.8, 4) is 0 Å². The predicted molar refractivity (Wildman–Crippen MR) is 124 cm³/mol. The van der Waals surface area contributed by atoms with E-state index in [-0.39, 0.29) is 27.6 Å². The van der Waals surface area contributed by atoms with E-state index in [1.165, 1.54) is 6.21 Å². The molecule has 13 heteroatoms. The number of nitrogens with zero attached hydrogens (tertiary/aromatic N) is 4. The van der Waals surface area contributed by atoms with Crippen molar-refractivity contribution in [1.29, 1.82) is 0 Å². The topological polar surface area (TPSA) is 110 Å². The Hall–Kier alpha value is -3.51. The van der Waals surface area contributed by atoms with Crippen LogP contribution in [0.1, 0.15) is 11.1 Å². The van der Waals surface area contributed by atoms with Gasteiger partial charge in [-0.25, -0.2) is 10.1 Å². The second-order valence-corrected chi connectivity index (χ2v) is 7.71. The summed E-state index contributed by atoms with van der Waals surface area (Å²) < 4.78 is 39.6. The van der Waals surface area contributed by atoms with Crippen LogP contribution in [0.4, 0.5) is 24.8 Å². The van der Waals surface area contributed by atoms with Crippen molar-refractivity contribution < 1.29 is 18.0 Å². The first-order valence-electron chi connectivity index (χ1n) is 9.24. The molecule has 172 valence electrons. The minimum Gasteiger partial charge on any atom is -0.334 e. The Bertz CT molecular complexity index is 1170. The maximum atomic E-state index is 12.9. The molecule has 0 bridgehead atoms. The van der Waals surface area contributed by atoms with Crippen molar-refractivity contribution in [2.45, 2.75) is 11.3 Å². The molecule has 8 nitrogen and oxygen atoms in total. The van der Waals surface area contributed by atoms with Crippen molar-refractivity contribution in [3.63, 3.8) is 0 Å². The van der Waals surface area contributed by atoms with Crippen LogP contribution in [-0.2, 0) is 11.0 Å². The highest BCUT2D eigenvalue weighted by molar-refractivity contribution is 7.99. The smallest absolute Gasteiger partial charge is 0.334 e. The Kier molecular flexibility index (Phi) is 7.96. The van der Waals surface area contributed by atoms with Gasteiger partial charge in [-0.3, -0.25) is 4.79 Å². The van der Waals surface area contributed by atoms with E-state index in [9.17, 15) is 18.0 Å². The Labute approximate surface area is 195 Å². The number of aromatic nitrogens is 3. The van der Waals surface area contributed by atoms with E-state index in [2.05, 4.69) is 26.0 Å². The minimum atomic E-state index is -4.56. The predicted octanol–water partition coefficient (Wildman–Crippen LogP) is 4.51. The zero-order chi connectivity index (χ0) is 23.8. The summed E-state index contributed by atoms with van der Waals surface area (Å²) in [7, 11) is 0. The van der Waals surface area contributed by atoms with Crippen LogP contribution in [0.3, 0.4) is 0 Å². The standard InChI is InChI=1S/C20H17ClF3N7OS/c21-15-9-8-14(20(22,23)24)11-16(15)27-17(32)12-33-19-30-29-18(31(19)25)28-26-10-4-7-13-5-2-1-3-6-13/h1-11H,12,25H2,(H,27,32)(H,28,29)/b7-4+,26-10+. The maximum absolute atomic E-state index is 12.9. The van der Waals surface area contributed by atoms with Crippen LogP contribution in [0.2, 0.25) is 5.02 Å². The number of thioether (sulfide) groups is 1. The third-order valence-corrected chi connectivity index (χ3v) is 5.25. The monoisotopic (exact) mass is 495 g/mol. The van der Waals surface area contributed by atoms with Gasteiger partial charge in [-0.05, 0) is 29.8 Å². The van der Waals surface area contributed by atoms with E-state index in [0.717, 1.165) is 40.2 Å². The van der Waals surface area contributed by atoms with Gasteiger partial charge in [0, 0.05) is 6.21 Å². The maximum Gasteiger partial charge on any atom is 0.416 e. The van der Waals surface area contributed by atoms with Crippen molar-refractivity contribution in [3.05, 3.63) is 70.8 Å². The van der Waals surface area contributed by atoms with Crippen LogP contribution in [0.5, 0.6) is 0 Å². The molecule has 0 saturated carbocycles. The molecule has 0 spiro atoms. The van der Waals surface area contributed by atoms with Gasteiger partial charge >= 0.3 is 6.18 Å². The number of hydrogen-bond donors (Lipinski definition) is 3. The first kappa shape index (κ1) is 24.1. The molecule has 1 amide bonds. The second kappa shape index (κ2) is 10.9. The summed E-state index contributed by atoms with van der Waals surface area (Å²) in [4.78, 5) is 12.2. The summed E-state index contributed by atoms with van der Waals surface area (Å²) in [6.07, 6.45) is 0.520. The highest BCUT2D eigenvalue weighted by Crippen LogP contribution is 2.34. The Balaban J connectivity index is 1.53. The summed E-state index contributed by atoms with van der Waals surface area (Å²) in [5, 5.41) is 14.2. The van der Waals surface area contributed by atoms with E-state index in [1.54, 1.807) is 6.08 Å². The molecule has 33 heavy (non-hydrogen) atoms. The first-order valence-corrected chi connectivity index (χ1v) is 10.6. The SMILES string of the molecule is Nn1c(N/N=C/C=C/c2ccccc2)nnc1SCC(=O)Nc1cc(C(F)(F)F)ccc1Cl. The fourth-order valence-electron chi connectivity index (χ4n) is 2.42. The number of anilines is 2. The van der Waals surface area contributed by atoms with Gasteiger partial charge in [0.2, 0.25) is 11.1 Å². The number of rotatable bonds is 8. The molecular weight excluding hydrogens is 479 g/mol. The highest BCUT2D eigenvalue weighted by Gasteiger charge is 2.31. The van der Waals surface area contributed by atoms with Crippen LogP contribution in [-0.4, -0.2) is 32.7 Å². The van der Waals surface area contributed by atoms with E-state index in [1.807, 2.05) is 36.4 Å². The number of carbonyl (C=O) groups excluding carboxylic acids is 1. The van der Waals surface area contributed by atoms with Crippen LogP contribution in [0.15, 0.2) is 64.9 Å². The van der Waals surface area contributed by atoms with Crippen molar-refractivity contribution in [2.75, 3.05) is 22.3 Å². The minimum absolute atomic E-state index is 0.0194. The van der Waals surface area contributed by atoms with Gasteiger partial charge in [-0.15, -0.1) is 10.2 Å². The molecule has 1 heterocycles. The molecule has 0 atom stereocenters. The van der Waals surface area contributed by atoms with Crippen LogP contribution in [0.25, 0.3) is 6.08 Å². The molecule has 3 rings (SSSR count). The molecule has 0 radical (unpaired) electrons. The number of amides is 1. The number of hydrogen-bond acceptors (Lipinski definition) is 7. The van der Waals surface area contributed by atoms with E-state index >= 15 is 0 Å². The average molecular weight is 496 g/mol. The number of benzene rings is 2. The lowest BCUT2D eigenvalue weighted by Crippen LogP contribution is -2.17.